The van der Waals surface area contributed by atoms with Gasteiger partial charge < -0.3 is 5.32 Å². The molecule has 1 aliphatic carbocycles. The van der Waals surface area contributed by atoms with Crippen LogP contribution >= 0.6 is 11.3 Å². The van der Waals surface area contributed by atoms with Gasteiger partial charge in [-0.2, -0.15) is 5.26 Å². The molecular weight excluding hydrogens is 306 g/mol. The second-order valence-electron chi connectivity index (χ2n) is 6.74. The van der Waals surface area contributed by atoms with Gasteiger partial charge in [-0.05, 0) is 57.6 Å². The van der Waals surface area contributed by atoms with Gasteiger partial charge >= 0.3 is 0 Å². The number of aryl methyl sites for hydroxylation is 1. The summed E-state index contributed by atoms with van der Waals surface area (Å²) in [4.78, 5) is 16.0. The van der Waals surface area contributed by atoms with Crippen LogP contribution in [0.5, 0.6) is 0 Å². The molecule has 4 nitrogen and oxygen atoms in total. The number of carbonyl (C=O) groups excluding carboxylic acids is 1. The number of amides is 1. The molecule has 0 aromatic carbocycles. The third kappa shape index (κ3) is 3.76. The molecule has 1 amide bonds. The van der Waals surface area contributed by atoms with E-state index in [-0.39, 0.29) is 5.91 Å². The summed E-state index contributed by atoms with van der Waals surface area (Å²) < 4.78 is 0. The Morgan fingerprint density at radius 2 is 2.13 bits per heavy atom. The first-order valence-electron chi connectivity index (χ1n) is 8.77. The molecule has 0 bridgehead atoms. The lowest BCUT2D eigenvalue weighted by Crippen LogP contribution is -2.42. The SMILES string of the molecule is CC1CCCCN1CC(=O)Nc1sc2c(c1C#N)CCCCC2. The number of carbonyl (C=O) groups is 1. The topological polar surface area (TPSA) is 56.1 Å². The fraction of sp³-hybridized carbons (Fsp3) is 0.667. The molecule has 2 heterocycles. The van der Waals surface area contributed by atoms with Crippen LogP contribution in [0.1, 0.15) is 61.5 Å². The van der Waals surface area contributed by atoms with E-state index in [1.165, 1.54) is 42.5 Å². The van der Waals surface area contributed by atoms with Crippen LogP contribution in [0.4, 0.5) is 5.00 Å². The van der Waals surface area contributed by atoms with Crippen molar-refractivity contribution in [3.8, 4) is 6.07 Å². The molecule has 1 aromatic rings. The largest absolute Gasteiger partial charge is 0.315 e. The Balaban J connectivity index is 1.70. The number of nitrogens with one attached hydrogen (secondary N) is 1. The molecule has 1 atom stereocenters. The Morgan fingerprint density at radius 1 is 1.30 bits per heavy atom. The van der Waals surface area contributed by atoms with E-state index in [2.05, 4.69) is 23.2 Å². The van der Waals surface area contributed by atoms with E-state index in [0.29, 0.717) is 18.2 Å². The molecule has 2 aliphatic rings. The zero-order valence-corrected chi connectivity index (χ0v) is 14.7. The van der Waals surface area contributed by atoms with Crippen molar-refractivity contribution in [1.82, 2.24) is 4.90 Å². The Kier molecular flexibility index (Phi) is 5.34. The lowest BCUT2D eigenvalue weighted by atomic mass is 10.0. The highest BCUT2D eigenvalue weighted by Gasteiger charge is 2.23. The molecule has 1 unspecified atom stereocenters. The van der Waals surface area contributed by atoms with Crippen molar-refractivity contribution in [3.63, 3.8) is 0 Å². The first-order chi connectivity index (χ1) is 11.2. The lowest BCUT2D eigenvalue weighted by molar-refractivity contribution is -0.118. The van der Waals surface area contributed by atoms with Crippen molar-refractivity contribution in [3.05, 3.63) is 16.0 Å². The molecule has 5 heteroatoms. The van der Waals surface area contributed by atoms with Crippen molar-refractivity contribution in [2.24, 2.45) is 0 Å². The quantitative estimate of drug-likeness (QED) is 0.859. The number of hydrogen-bond acceptors (Lipinski definition) is 4. The zero-order chi connectivity index (χ0) is 16.2. The second-order valence-corrected chi connectivity index (χ2v) is 7.85. The van der Waals surface area contributed by atoms with Gasteiger partial charge in [-0.25, -0.2) is 0 Å². The predicted molar refractivity (Wildman–Crippen MR) is 93.8 cm³/mol. The summed E-state index contributed by atoms with van der Waals surface area (Å²) in [5.74, 6) is 0.0201. The number of likely N-dealkylation sites (tertiary alicyclic amines) is 1. The van der Waals surface area contributed by atoms with Crippen LogP contribution in [0.25, 0.3) is 0 Å². The highest BCUT2D eigenvalue weighted by molar-refractivity contribution is 7.16. The average Bonchev–Trinajstić information content (AvgIpc) is 2.69. The third-order valence-electron chi connectivity index (χ3n) is 5.07. The van der Waals surface area contributed by atoms with E-state index in [0.717, 1.165) is 30.8 Å². The number of anilines is 1. The minimum absolute atomic E-state index is 0.0201. The smallest absolute Gasteiger partial charge is 0.239 e. The van der Waals surface area contributed by atoms with E-state index >= 15 is 0 Å². The number of fused-ring (bicyclic) bond motifs is 1. The van der Waals surface area contributed by atoms with Gasteiger partial charge in [0, 0.05) is 10.9 Å². The first kappa shape index (κ1) is 16.5. The highest BCUT2D eigenvalue weighted by Crippen LogP contribution is 2.37. The van der Waals surface area contributed by atoms with Crippen molar-refractivity contribution in [2.75, 3.05) is 18.4 Å². The maximum Gasteiger partial charge on any atom is 0.239 e. The van der Waals surface area contributed by atoms with Crippen LogP contribution in [0.3, 0.4) is 0 Å². The molecule has 1 fully saturated rings. The fourth-order valence-electron chi connectivity index (χ4n) is 3.69. The van der Waals surface area contributed by atoms with E-state index in [1.807, 2.05) is 0 Å². The molecule has 1 saturated heterocycles. The summed E-state index contributed by atoms with van der Waals surface area (Å²) in [5.41, 5.74) is 1.91. The van der Waals surface area contributed by atoms with Crippen LogP contribution in [0, 0.1) is 11.3 Å². The first-order valence-corrected chi connectivity index (χ1v) is 9.59. The van der Waals surface area contributed by atoms with Crippen molar-refractivity contribution in [1.29, 1.82) is 5.26 Å². The number of hydrogen-bond donors (Lipinski definition) is 1. The van der Waals surface area contributed by atoms with Crippen LogP contribution in [-0.2, 0) is 17.6 Å². The van der Waals surface area contributed by atoms with Crippen LogP contribution in [0.2, 0.25) is 0 Å². The number of thiophene rings is 1. The molecule has 0 radical (unpaired) electrons. The maximum absolute atomic E-state index is 12.4. The van der Waals surface area contributed by atoms with Gasteiger partial charge in [-0.1, -0.05) is 12.8 Å². The summed E-state index contributed by atoms with van der Waals surface area (Å²) in [6.07, 6.45) is 9.21. The zero-order valence-electron chi connectivity index (χ0n) is 13.9. The summed E-state index contributed by atoms with van der Waals surface area (Å²) in [6, 6.07) is 2.81. The Morgan fingerprint density at radius 3 is 2.91 bits per heavy atom. The predicted octanol–water partition coefficient (Wildman–Crippen LogP) is 3.70. The van der Waals surface area contributed by atoms with Gasteiger partial charge in [0.25, 0.3) is 0 Å². The number of nitriles is 1. The number of piperidine rings is 1. The summed E-state index contributed by atoms with van der Waals surface area (Å²) >= 11 is 1.62. The Hall–Kier alpha value is -1.38. The normalized spacial score (nSPS) is 22.0. The highest BCUT2D eigenvalue weighted by atomic mass is 32.1. The molecule has 0 spiro atoms. The summed E-state index contributed by atoms with van der Waals surface area (Å²) in [5, 5.41) is 13.3. The molecule has 1 N–H and O–H groups in total. The Bertz CT molecular complexity index is 617. The maximum atomic E-state index is 12.4. The van der Waals surface area contributed by atoms with Crippen molar-refractivity contribution >= 4 is 22.2 Å². The van der Waals surface area contributed by atoms with Gasteiger partial charge in [-0.3, -0.25) is 9.69 Å². The monoisotopic (exact) mass is 331 g/mol. The average molecular weight is 331 g/mol. The third-order valence-corrected chi connectivity index (χ3v) is 6.28. The van der Waals surface area contributed by atoms with E-state index in [4.69, 9.17) is 0 Å². The van der Waals surface area contributed by atoms with E-state index in [9.17, 15) is 10.1 Å². The lowest BCUT2D eigenvalue weighted by Gasteiger charge is -2.32. The minimum Gasteiger partial charge on any atom is -0.315 e. The van der Waals surface area contributed by atoms with Gasteiger partial charge in [0.05, 0.1) is 12.1 Å². The standard InChI is InChI=1S/C18H25N3OS/c1-13-7-5-6-10-21(13)12-17(22)20-18-15(11-19)14-8-3-2-4-9-16(14)23-18/h13H,2-10,12H2,1H3,(H,20,22). The van der Waals surface area contributed by atoms with Crippen molar-refractivity contribution in [2.45, 2.75) is 64.3 Å². The molecule has 3 rings (SSSR count). The number of rotatable bonds is 3. The van der Waals surface area contributed by atoms with Gasteiger partial charge in [0.15, 0.2) is 0 Å². The van der Waals surface area contributed by atoms with E-state index in [1.54, 1.807) is 11.3 Å². The van der Waals surface area contributed by atoms with Crippen LogP contribution in [-0.4, -0.2) is 29.9 Å². The molecule has 23 heavy (non-hydrogen) atoms. The molecule has 1 aliphatic heterocycles. The second kappa shape index (κ2) is 7.46. The molecule has 1 aromatic heterocycles. The summed E-state index contributed by atoms with van der Waals surface area (Å²) in [6.45, 7) is 3.63. The van der Waals surface area contributed by atoms with Gasteiger partial charge in [0.1, 0.15) is 11.1 Å². The summed E-state index contributed by atoms with van der Waals surface area (Å²) in [7, 11) is 0. The van der Waals surface area contributed by atoms with Crippen molar-refractivity contribution < 1.29 is 4.79 Å². The molecular formula is C18H25N3OS. The van der Waals surface area contributed by atoms with Crippen LogP contribution in [0.15, 0.2) is 0 Å². The Labute approximate surface area is 142 Å². The van der Waals surface area contributed by atoms with Crippen LogP contribution < -0.4 is 5.32 Å². The van der Waals surface area contributed by atoms with E-state index < -0.39 is 0 Å². The number of nitrogens with zero attached hydrogens (tertiary/aromatic N) is 2. The minimum atomic E-state index is 0.0201. The molecule has 0 saturated carbocycles. The fourth-order valence-corrected chi connectivity index (χ4v) is 4.95. The molecule has 124 valence electrons. The van der Waals surface area contributed by atoms with Gasteiger partial charge in [-0.15, -0.1) is 11.3 Å². The van der Waals surface area contributed by atoms with Gasteiger partial charge in [0.2, 0.25) is 5.91 Å².